The molecule has 0 heterocycles. The van der Waals surface area contributed by atoms with E-state index in [1.54, 1.807) is 7.11 Å². The molecule has 0 fully saturated rings. The molecule has 2 unspecified atom stereocenters. The summed E-state index contributed by atoms with van der Waals surface area (Å²) >= 11 is 0. The van der Waals surface area contributed by atoms with Crippen molar-refractivity contribution in [2.75, 3.05) is 13.7 Å². The van der Waals surface area contributed by atoms with Gasteiger partial charge in [-0.15, -0.1) is 0 Å². The zero-order chi connectivity index (χ0) is 7.98. The maximum atomic E-state index is 9.18. The normalized spacial score (nSPS) is 16.8. The Labute approximate surface area is 60.9 Å². The summed E-state index contributed by atoms with van der Waals surface area (Å²) in [6.45, 7) is 2.04. The van der Waals surface area contributed by atoms with Gasteiger partial charge in [0.05, 0.1) is 12.7 Å². The second-order valence-electron chi connectivity index (χ2n) is 2.08. The van der Waals surface area contributed by atoms with E-state index in [2.05, 4.69) is 4.84 Å². The molecule has 0 aliphatic rings. The first-order valence-corrected chi connectivity index (χ1v) is 3.28. The first-order valence-electron chi connectivity index (χ1n) is 3.28. The Morgan fingerprint density at radius 3 is 2.50 bits per heavy atom. The van der Waals surface area contributed by atoms with Crippen LogP contribution in [0.5, 0.6) is 0 Å². The minimum absolute atomic E-state index is 0.117. The van der Waals surface area contributed by atoms with Crippen molar-refractivity contribution in [1.82, 2.24) is 0 Å². The maximum absolute atomic E-state index is 9.18. The van der Waals surface area contributed by atoms with Crippen molar-refractivity contribution < 1.29 is 14.7 Å². The van der Waals surface area contributed by atoms with E-state index in [1.807, 2.05) is 6.92 Å². The Balaban J connectivity index is 3.53. The van der Waals surface area contributed by atoms with Gasteiger partial charge in [0.1, 0.15) is 6.10 Å². The first-order chi connectivity index (χ1) is 4.76. The van der Waals surface area contributed by atoms with E-state index in [0.29, 0.717) is 0 Å². The van der Waals surface area contributed by atoms with Crippen LogP contribution in [0.1, 0.15) is 13.3 Å². The number of rotatable bonds is 5. The smallest absolute Gasteiger partial charge is 0.105 e. The van der Waals surface area contributed by atoms with E-state index < -0.39 is 6.10 Å². The summed E-state index contributed by atoms with van der Waals surface area (Å²) in [4.78, 5) is 4.26. The van der Waals surface area contributed by atoms with Crippen molar-refractivity contribution in [2.24, 2.45) is 5.90 Å². The Bertz CT molecular complexity index is 75.4. The average molecular weight is 149 g/mol. The summed E-state index contributed by atoms with van der Waals surface area (Å²) < 4.78 is 4.93. The van der Waals surface area contributed by atoms with Crippen LogP contribution in [0.3, 0.4) is 0 Å². The lowest BCUT2D eigenvalue weighted by molar-refractivity contribution is -0.0574. The van der Waals surface area contributed by atoms with E-state index >= 15 is 0 Å². The van der Waals surface area contributed by atoms with Gasteiger partial charge < -0.3 is 14.7 Å². The molecule has 4 heteroatoms. The second-order valence-corrected chi connectivity index (χ2v) is 2.08. The molecule has 10 heavy (non-hydrogen) atoms. The number of aliphatic hydroxyl groups excluding tert-OH is 1. The van der Waals surface area contributed by atoms with Crippen LogP contribution in [0.2, 0.25) is 0 Å². The number of hydrogen-bond donors (Lipinski definition) is 2. The topological polar surface area (TPSA) is 64.7 Å². The predicted octanol–water partition coefficient (Wildman–Crippen LogP) is -0.337. The first kappa shape index (κ1) is 9.84. The molecule has 0 bridgehead atoms. The summed E-state index contributed by atoms with van der Waals surface area (Å²) in [7, 11) is 1.55. The third kappa shape index (κ3) is 3.12. The van der Waals surface area contributed by atoms with Gasteiger partial charge in [-0.05, 0) is 6.42 Å². The number of hydrogen-bond acceptors (Lipinski definition) is 4. The minimum Gasteiger partial charge on any atom is -0.388 e. The lowest BCUT2D eigenvalue weighted by atomic mass is 10.2. The molecule has 0 aromatic rings. The van der Waals surface area contributed by atoms with Crippen LogP contribution in [0.15, 0.2) is 0 Å². The molecule has 0 aliphatic carbocycles. The minimum atomic E-state index is -0.625. The van der Waals surface area contributed by atoms with E-state index in [1.165, 1.54) is 0 Å². The summed E-state index contributed by atoms with van der Waals surface area (Å²) in [6.07, 6.45) is -0.0513. The summed E-state index contributed by atoms with van der Waals surface area (Å²) in [6, 6.07) is 0. The van der Waals surface area contributed by atoms with Gasteiger partial charge in [-0.2, -0.15) is 0 Å². The van der Waals surface area contributed by atoms with E-state index in [9.17, 15) is 5.11 Å². The van der Waals surface area contributed by atoms with Gasteiger partial charge >= 0.3 is 0 Å². The molecule has 0 saturated carbocycles. The van der Waals surface area contributed by atoms with E-state index in [-0.39, 0.29) is 12.7 Å². The van der Waals surface area contributed by atoms with Gasteiger partial charge in [-0.3, -0.25) is 0 Å². The number of methoxy groups -OCH3 is 1. The summed E-state index contributed by atoms with van der Waals surface area (Å²) in [5.41, 5.74) is 0. The van der Waals surface area contributed by atoms with Crippen LogP contribution in [-0.4, -0.2) is 31.0 Å². The van der Waals surface area contributed by atoms with Gasteiger partial charge in [-0.25, -0.2) is 5.90 Å². The number of aliphatic hydroxyl groups is 1. The summed E-state index contributed by atoms with van der Waals surface area (Å²) in [5, 5.41) is 9.18. The molecule has 0 radical (unpaired) electrons. The van der Waals surface area contributed by atoms with Crippen LogP contribution < -0.4 is 5.90 Å². The lowest BCUT2D eigenvalue weighted by Crippen LogP contribution is -2.32. The second kappa shape index (κ2) is 5.61. The lowest BCUT2D eigenvalue weighted by Gasteiger charge is -2.18. The maximum Gasteiger partial charge on any atom is 0.105 e. The van der Waals surface area contributed by atoms with Crippen molar-refractivity contribution in [3.8, 4) is 0 Å². The highest BCUT2D eigenvalue weighted by molar-refractivity contribution is 4.65. The molecule has 2 atom stereocenters. The Morgan fingerprint density at radius 2 is 2.20 bits per heavy atom. The van der Waals surface area contributed by atoms with Crippen molar-refractivity contribution in [3.63, 3.8) is 0 Å². The van der Waals surface area contributed by atoms with Crippen LogP contribution in [-0.2, 0) is 9.57 Å². The predicted molar refractivity (Wildman–Crippen MR) is 37.2 cm³/mol. The fourth-order valence-corrected chi connectivity index (χ4v) is 0.802. The Kier molecular flexibility index (Phi) is 5.52. The highest BCUT2D eigenvalue weighted by Gasteiger charge is 2.15. The largest absolute Gasteiger partial charge is 0.388 e. The van der Waals surface area contributed by atoms with Crippen molar-refractivity contribution in [2.45, 2.75) is 25.6 Å². The quantitative estimate of drug-likeness (QED) is 0.525. The molecular weight excluding hydrogens is 134 g/mol. The van der Waals surface area contributed by atoms with Gasteiger partial charge in [0.2, 0.25) is 0 Å². The van der Waals surface area contributed by atoms with Gasteiger partial charge in [-0.1, -0.05) is 6.92 Å². The van der Waals surface area contributed by atoms with Crippen LogP contribution >= 0.6 is 0 Å². The van der Waals surface area contributed by atoms with Crippen LogP contribution in [0.4, 0.5) is 0 Å². The molecule has 0 aromatic heterocycles. The van der Waals surface area contributed by atoms with Crippen LogP contribution in [0, 0.1) is 0 Å². The molecule has 4 nitrogen and oxygen atoms in total. The van der Waals surface area contributed by atoms with Crippen molar-refractivity contribution >= 4 is 0 Å². The number of ether oxygens (including phenoxy) is 1. The third-order valence-corrected chi connectivity index (χ3v) is 1.40. The van der Waals surface area contributed by atoms with Gasteiger partial charge in [0.15, 0.2) is 0 Å². The highest BCUT2D eigenvalue weighted by Crippen LogP contribution is 2.02. The molecule has 0 rings (SSSR count). The molecule has 0 spiro atoms. The third-order valence-electron chi connectivity index (χ3n) is 1.40. The Morgan fingerprint density at radius 1 is 1.60 bits per heavy atom. The molecule has 0 amide bonds. The van der Waals surface area contributed by atoms with Crippen molar-refractivity contribution in [3.05, 3.63) is 0 Å². The fourth-order valence-electron chi connectivity index (χ4n) is 0.802. The average Bonchev–Trinajstić information content (AvgIpc) is 1.91. The molecule has 0 aliphatic heterocycles. The van der Waals surface area contributed by atoms with E-state index in [4.69, 9.17) is 10.6 Å². The highest BCUT2D eigenvalue weighted by atomic mass is 16.6. The zero-order valence-electron chi connectivity index (χ0n) is 6.41. The van der Waals surface area contributed by atoms with Crippen LogP contribution in [0.25, 0.3) is 0 Å². The fraction of sp³-hybridized carbons (Fsp3) is 1.00. The van der Waals surface area contributed by atoms with Gasteiger partial charge in [0, 0.05) is 7.11 Å². The molecule has 0 saturated heterocycles. The Hall–Kier alpha value is -0.160. The van der Waals surface area contributed by atoms with Crippen molar-refractivity contribution in [1.29, 1.82) is 0 Å². The molecular formula is C6H15NO3. The van der Waals surface area contributed by atoms with Gasteiger partial charge in [0.25, 0.3) is 0 Å². The monoisotopic (exact) mass is 149 g/mol. The molecule has 3 N–H and O–H groups in total. The van der Waals surface area contributed by atoms with E-state index in [0.717, 1.165) is 6.42 Å². The SMILES string of the molecule is CCC(OC)C(O)CON. The summed E-state index contributed by atoms with van der Waals surface area (Å²) in [5.74, 6) is 4.76. The molecule has 0 aromatic carbocycles. The standard InChI is InChI=1S/C6H15NO3/c1-3-6(9-2)5(8)4-10-7/h5-6,8H,3-4,7H2,1-2H3. The molecule has 62 valence electrons. The number of nitrogens with two attached hydrogens (primary N) is 1. The zero-order valence-corrected chi connectivity index (χ0v) is 6.41.